The Morgan fingerprint density at radius 3 is 2.17 bits per heavy atom. The van der Waals surface area contributed by atoms with Crippen LogP contribution in [0.3, 0.4) is 0 Å². The first-order chi connectivity index (χ1) is 19.6. The summed E-state index contributed by atoms with van der Waals surface area (Å²) in [5.74, 6) is 3.55. The molecule has 0 amide bonds. The largest absolute Gasteiger partial charge is 0.492 e. The van der Waals surface area contributed by atoms with Crippen LogP contribution in [0, 0.1) is 5.92 Å². The van der Waals surface area contributed by atoms with Crippen molar-refractivity contribution in [1.82, 2.24) is 5.32 Å². The lowest BCUT2D eigenvalue weighted by molar-refractivity contribution is 0.174. The van der Waals surface area contributed by atoms with Crippen molar-refractivity contribution in [3.05, 3.63) is 83.4 Å². The van der Waals surface area contributed by atoms with E-state index in [1.165, 1.54) is 32.1 Å². The second kappa shape index (κ2) is 14.0. The monoisotopic (exact) mass is 563 g/mol. The highest BCUT2D eigenvalue weighted by molar-refractivity contribution is 7.39. The highest BCUT2D eigenvalue weighted by Gasteiger charge is 2.18. The summed E-state index contributed by atoms with van der Waals surface area (Å²) in [5, 5.41) is 3.56. The lowest BCUT2D eigenvalue weighted by Gasteiger charge is -2.21. The van der Waals surface area contributed by atoms with Gasteiger partial charge in [0.1, 0.15) is 18.1 Å². The van der Waals surface area contributed by atoms with E-state index in [1.807, 2.05) is 36.4 Å². The fraction of sp³-hybridized carbons (Fsp3) is 0.375. The molecule has 3 aromatic carbocycles. The van der Waals surface area contributed by atoms with Crippen LogP contribution in [0.5, 0.6) is 23.0 Å². The van der Waals surface area contributed by atoms with Gasteiger partial charge in [0.25, 0.3) is 0 Å². The van der Waals surface area contributed by atoms with Crippen LogP contribution >= 0.6 is 8.60 Å². The molecular formula is C32H38NO6P. The lowest BCUT2D eigenvalue weighted by Crippen LogP contribution is -2.28. The summed E-state index contributed by atoms with van der Waals surface area (Å²) in [6, 6.07) is 21.6. The van der Waals surface area contributed by atoms with Crippen molar-refractivity contribution in [2.75, 3.05) is 26.5 Å². The summed E-state index contributed by atoms with van der Waals surface area (Å²) >= 11 is 0. The van der Waals surface area contributed by atoms with Gasteiger partial charge >= 0.3 is 8.60 Å². The molecule has 0 aromatic heterocycles. The Balaban J connectivity index is 1.35. The molecule has 40 heavy (non-hydrogen) atoms. The Morgan fingerprint density at radius 1 is 0.850 bits per heavy atom. The molecule has 0 unspecified atom stereocenters. The molecule has 0 atom stereocenters. The zero-order valence-electron chi connectivity index (χ0n) is 23.0. The van der Waals surface area contributed by atoms with Crippen LogP contribution < -0.4 is 24.1 Å². The molecule has 1 aliphatic heterocycles. The molecule has 1 saturated carbocycles. The number of allylic oxidation sites excluding steroid dienone is 1. The van der Waals surface area contributed by atoms with Crippen molar-refractivity contribution in [1.29, 1.82) is 0 Å². The topological polar surface area (TPSA) is 89.4 Å². The van der Waals surface area contributed by atoms with E-state index < -0.39 is 8.60 Å². The molecule has 0 saturated heterocycles. The van der Waals surface area contributed by atoms with Crippen molar-refractivity contribution in [2.24, 2.45) is 5.92 Å². The number of fused-ring (bicyclic) bond motifs is 1. The van der Waals surface area contributed by atoms with Crippen LogP contribution in [0.4, 0.5) is 0 Å². The summed E-state index contributed by atoms with van der Waals surface area (Å²) in [6.07, 6.45) is 7.59. The maximum atomic E-state index is 9.24. The summed E-state index contributed by atoms with van der Waals surface area (Å²) in [4.78, 5) is 18.5. The molecule has 7 nitrogen and oxygen atoms in total. The zero-order valence-corrected chi connectivity index (χ0v) is 23.9. The maximum absolute atomic E-state index is 9.24. The molecular weight excluding hydrogens is 525 g/mol. The predicted molar refractivity (Wildman–Crippen MR) is 159 cm³/mol. The van der Waals surface area contributed by atoms with Gasteiger partial charge in [-0.15, -0.1) is 0 Å². The zero-order chi connectivity index (χ0) is 27.7. The van der Waals surface area contributed by atoms with Gasteiger partial charge in [0, 0.05) is 6.54 Å². The van der Waals surface area contributed by atoms with Gasteiger partial charge in [0.15, 0.2) is 11.5 Å². The smallest absolute Gasteiger partial charge is 0.391 e. The highest BCUT2D eigenvalue weighted by Crippen LogP contribution is 2.40. The SMILES string of the molecule is CC/C(=C(/c1ccc(OCCNCC2CCCCC2)cc1)c1ccc(OP(O)O)cc1)c1ccc2c(c1)OCO2. The van der Waals surface area contributed by atoms with Crippen LogP contribution in [0.25, 0.3) is 11.1 Å². The summed E-state index contributed by atoms with van der Waals surface area (Å²) < 4.78 is 22.3. The number of ether oxygens (including phenoxy) is 3. The Hall–Kier alpha value is -3.09. The third-order valence-electron chi connectivity index (χ3n) is 7.55. The maximum Gasteiger partial charge on any atom is 0.391 e. The minimum Gasteiger partial charge on any atom is -0.492 e. The van der Waals surface area contributed by atoms with Crippen molar-refractivity contribution >= 4 is 19.7 Å². The minimum absolute atomic E-state index is 0.230. The quantitative estimate of drug-likeness (QED) is 0.125. The van der Waals surface area contributed by atoms with Gasteiger partial charge in [-0.1, -0.05) is 56.5 Å². The van der Waals surface area contributed by atoms with Gasteiger partial charge in [0.2, 0.25) is 6.79 Å². The van der Waals surface area contributed by atoms with Crippen molar-refractivity contribution in [3.8, 4) is 23.0 Å². The highest BCUT2D eigenvalue weighted by atomic mass is 31.2. The second-order valence-corrected chi connectivity index (χ2v) is 10.9. The number of nitrogens with one attached hydrogen (secondary N) is 1. The van der Waals surface area contributed by atoms with Gasteiger partial charge in [-0.25, -0.2) is 0 Å². The molecule has 5 rings (SSSR count). The average Bonchev–Trinajstić information content (AvgIpc) is 3.45. The van der Waals surface area contributed by atoms with E-state index in [-0.39, 0.29) is 6.79 Å². The van der Waals surface area contributed by atoms with E-state index in [2.05, 4.69) is 30.4 Å². The number of hydrogen-bond donors (Lipinski definition) is 3. The van der Waals surface area contributed by atoms with E-state index in [1.54, 1.807) is 12.1 Å². The molecule has 212 valence electrons. The lowest BCUT2D eigenvalue weighted by atomic mass is 9.88. The minimum atomic E-state index is -2.47. The molecule has 0 spiro atoms. The van der Waals surface area contributed by atoms with Gasteiger partial charge < -0.3 is 33.8 Å². The molecule has 3 aromatic rings. The molecule has 8 heteroatoms. The predicted octanol–water partition coefficient (Wildman–Crippen LogP) is 6.92. The van der Waals surface area contributed by atoms with E-state index in [4.69, 9.17) is 18.7 Å². The first-order valence-electron chi connectivity index (χ1n) is 14.1. The van der Waals surface area contributed by atoms with E-state index in [9.17, 15) is 9.79 Å². The first kappa shape index (κ1) is 28.4. The van der Waals surface area contributed by atoms with Crippen LogP contribution in [-0.2, 0) is 0 Å². The summed E-state index contributed by atoms with van der Waals surface area (Å²) in [7, 11) is -2.47. The Bertz CT molecular complexity index is 1270. The molecule has 2 aliphatic rings. The number of hydrogen-bond acceptors (Lipinski definition) is 7. The van der Waals surface area contributed by atoms with Crippen LogP contribution in [0.15, 0.2) is 66.7 Å². The van der Waals surface area contributed by atoms with Crippen molar-refractivity contribution < 1.29 is 28.5 Å². The third kappa shape index (κ3) is 7.35. The number of rotatable bonds is 12. The molecule has 1 heterocycles. The first-order valence-corrected chi connectivity index (χ1v) is 15.3. The normalized spacial score (nSPS) is 15.7. The van der Waals surface area contributed by atoms with Gasteiger partial charge in [0.05, 0.1) is 0 Å². The second-order valence-electron chi connectivity index (χ2n) is 10.2. The van der Waals surface area contributed by atoms with Gasteiger partial charge in [-0.2, -0.15) is 0 Å². The number of benzene rings is 3. The standard InChI is InChI=1S/C32H38NO6P/c1-2-29(26-12-17-30-31(20-26)38-22-37-30)32(25-10-15-28(16-11-25)39-40(34)35)24-8-13-27(14-9-24)36-19-18-33-21-23-6-4-3-5-7-23/h8-17,20,23,33-35H,2-7,18-19,21-22H2,1H3/b32-29+. The molecule has 0 bridgehead atoms. The van der Waals surface area contributed by atoms with Crippen LogP contribution in [0.1, 0.15) is 62.1 Å². The summed E-state index contributed by atoms with van der Waals surface area (Å²) in [6.45, 7) is 4.92. The molecule has 1 aliphatic carbocycles. The Labute approximate surface area is 237 Å². The van der Waals surface area contributed by atoms with Gasteiger partial charge in [-0.3, -0.25) is 0 Å². The molecule has 1 fully saturated rings. The van der Waals surface area contributed by atoms with E-state index in [0.29, 0.717) is 12.4 Å². The molecule has 3 N–H and O–H groups in total. The van der Waals surface area contributed by atoms with Crippen molar-refractivity contribution in [2.45, 2.75) is 45.4 Å². The fourth-order valence-electron chi connectivity index (χ4n) is 5.56. The summed E-state index contributed by atoms with van der Waals surface area (Å²) in [5.41, 5.74) is 5.32. The Morgan fingerprint density at radius 2 is 1.50 bits per heavy atom. The molecule has 0 radical (unpaired) electrons. The van der Waals surface area contributed by atoms with Crippen molar-refractivity contribution in [3.63, 3.8) is 0 Å². The van der Waals surface area contributed by atoms with Crippen LogP contribution in [0.2, 0.25) is 0 Å². The van der Waals surface area contributed by atoms with Gasteiger partial charge in [-0.05, 0) is 96.0 Å². The van der Waals surface area contributed by atoms with Crippen LogP contribution in [-0.4, -0.2) is 36.3 Å². The fourth-order valence-corrected chi connectivity index (χ4v) is 5.87. The average molecular weight is 564 g/mol. The van der Waals surface area contributed by atoms with E-state index >= 15 is 0 Å². The Kier molecular flexibility index (Phi) is 9.95. The third-order valence-corrected chi connectivity index (χ3v) is 7.93. The van der Waals surface area contributed by atoms with E-state index in [0.717, 1.165) is 70.5 Å².